The van der Waals surface area contributed by atoms with Gasteiger partial charge in [0.05, 0.1) is 4.90 Å². The Bertz CT molecular complexity index is 464. The van der Waals surface area contributed by atoms with Crippen LogP contribution in [0.5, 0.6) is 0 Å². The van der Waals surface area contributed by atoms with Gasteiger partial charge in [0.2, 0.25) is 10.0 Å². The third-order valence-electron chi connectivity index (χ3n) is 2.51. The molecule has 0 radical (unpaired) electrons. The van der Waals surface area contributed by atoms with Crippen LogP contribution in [0.15, 0.2) is 29.2 Å². The Morgan fingerprint density at radius 3 is 2.24 bits per heavy atom. The maximum absolute atomic E-state index is 12.2. The van der Waals surface area contributed by atoms with Crippen LogP contribution < -0.4 is 4.72 Å². The molecular weight excluding hydrogens is 234 g/mol. The van der Waals surface area contributed by atoms with Gasteiger partial charge in [0.1, 0.15) is 0 Å². The number of hydrogen-bond acceptors (Lipinski definition) is 2. The molecule has 0 saturated carbocycles. The third kappa shape index (κ3) is 3.82. The van der Waals surface area contributed by atoms with Crippen molar-refractivity contribution in [2.75, 3.05) is 6.54 Å². The van der Waals surface area contributed by atoms with Gasteiger partial charge in [-0.3, -0.25) is 0 Å². The van der Waals surface area contributed by atoms with E-state index in [4.69, 9.17) is 0 Å². The monoisotopic (exact) mass is 255 g/mol. The summed E-state index contributed by atoms with van der Waals surface area (Å²) >= 11 is 0. The van der Waals surface area contributed by atoms with E-state index in [2.05, 4.69) is 4.72 Å². The van der Waals surface area contributed by atoms with Gasteiger partial charge in [-0.25, -0.2) is 13.1 Å². The molecule has 0 amide bonds. The summed E-state index contributed by atoms with van der Waals surface area (Å²) in [5, 5.41) is 0. The standard InChI is InChI=1S/C13H21NO2S/c1-10(2)9-14-17(15,16)13-8-6-5-7-12(13)11(3)4/h5-8,10-11,14H,9H2,1-4H3. The summed E-state index contributed by atoms with van der Waals surface area (Å²) < 4.78 is 26.9. The second kappa shape index (κ2) is 5.65. The second-order valence-electron chi connectivity index (χ2n) is 4.94. The van der Waals surface area contributed by atoms with E-state index in [-0.39, 0.29) is 5.92 Å². The molecule has 0 aliphatic carbocycles. The van der Waals surface area contributed by atoms with Crippen LogP contribution in [0.1, 0.15) is 39.2 Å². The van der Waals surface area contributed by atoms with Gasteiger partial charge in [-0.1, -0.05) is 45.9 Å². The maximum Gasteiger partial charge on any atom is 0.240 e. The molecule has 0 atom stereocenters. The first kappa shape index (κ1) is 14.2. The Morgan fingerprint density at radius 2 is 1.71 bits per heavy atom. The van der Waals surface area contributed by atoms with Crippen molar-refractivity contribution in [1.82, 2.24) is 4.72 Å². The molecule has 0 heterocycles. The summed E-state index contributed by atoms with van der Waals surface area (Å²) in [6.07, 6.45) is 0. The molecule has 0 bridgehead atoms. The summed E-state index contributed by atoms with van der Waals surface area (Å²) in [7, 11) is -3.38. The summed E-state index contributed by atoms with van der Waals surface area (Å²) in [5.74, 6) is 0.498. The first-order valence-electron chi connectivity index (χ1n) is 5.93. The molecule has 3 nitrogen and oxygen atoms in total. The zero-order valence-corrected chi connectivity index (χ0v) is 11.7. The number of nitrogens with one attached hydrogen (secondary N) is 1. The SMILES string of the molecule is CC(C)CNS(=O)(=O)c1ccccc1C(C)C. The first-order chi connectivity index (χ1) is 7.84. The van der Waals surface area contributed by atoms with Crippen LogP contribution in [0.3, 0.4) is 0 Å². The predicted molar refractivity (Wildman–Crippen MR) is 70.6 cm³/mol. The van der Waals surface area contributed by atoms with Crippen LogP contribution in [0.4, 0.5) is 0 Å². The van der Waals surface area contributed by atoms with Crippen molar-refractivity contribution in [2.24, 2.45) is 5.92 Å². The molecule has 0 spiro atoms. The lowest BCUT2D eigenvalue weighted by Crippen LogP contribution is -2.28. The number of sulfonamides is 1. The Labute approximate surface area is 104 Å². The number of benzene rings is 1. The van der Waals surface area contributed by atoms with Crippen molar-refractivity contribution in [3.8, 4) is 0 Å². The maximum atomic E-state index is 12.2. The predicted octanol–water partition coefficient (Wildman–Crippen LogP) is 2.74. The summed E-state index contributed by atoms with van der Waals surface area (Å²) in [6.45, 7) is 8.43. The lowest BCUT2D eigenvalue weighted by atomic mass is 10.0. The van der Waals surface area contributed by atoms with Crippen LogP contribution in [-0.2, 0) is 10.0 Å². The molecule has 96 valence electrons. The van der Waals surface area contributed by atoms with Gasteiger partial charge in [0.15, 0.2) is 0 Å². The first-order valence-corrected chi connectivity index (χ1v) is 7.41. The average molecular weight is 255 g/mol. The average Bonchev–Trinajstić information content (AvgIpc) is 2.26. The van der Waals surface area contributed by atoms with Gasteiger partial charge < -0.3 is 0 Å². The zero-order chi connectivity index (χ0) is 13.1. The highest BCUT2D eigenvalue weighted by molar-refractivity contribution is 7.89. The molecule has 1 aromatic carbocycles. The van der Waals surface area contributed by atoms with Gasteiger partial charge in [-0.2, -0.15) is 0 Å². The van der Waals surface area contributed by atoms with Crippen molar-refractivity contribution in [1.29, 1.82) is 0 Å². The third-order valence-corrected chi connectivity index (χ3v) is 4.01. The number of hydrogen-bond donors (Lipinski definition) is 1. The van der Waals surface area contributed by atoms with Gasteiger partial charge in [-0.15, -0.1) is 0 Å². The minimum Gasteiger partial charge on any atom is -0.211 e. The molecule has 4 heteroatoms. The highest BCUT2D eigenvalue weighted by Crippen LogP contribution is 2.23. The van der Waals surface area contributed by atoms with E-state index < -0.39 is 10.0 Å². The molecule has 0 fully saturated rings. The summed E-state index contributed by atoms with van der Waals surface area (Å²) in [6, 6.07) is 7.17. The van der Waals surface area contributed by atoms with E-state index in [1.54, 1.807) is 12.1 Å². The van der Waals surface area contributed by atoms with Gasteiger partial charge >= 0.3 is 0 Å². The van der Waals surface area contributed by atoms with Crippen LogP contribution in [0, 0.1) is 5.92 Å². The Morgan fingerprint density at radius 1 is 1.12 bits per heavy atom. The van der Waals surface area contributed by atoms with E-state index in [0.29, 0.717) is 17.4 Å². The normalized spacial score (nSPS) is 12.4. The molecule has 0 aliphatic rings. The van der Waals surface area contributed by atoms with E-state index in [0.717, 1.165) is 5.56 Å². The van der Waals surface area contributed by atoms with Gasteiger partial charge in [0, 0.05) is 6.54 Å². The highest BCUT2D eigenvalue weighted by atomic mass is 32.2. The lowest BCUT2D eigenvalue weighted by Gasteiger charge is -2.14. The molecule has 0 saturated heterocycles. The van der Waals surface area contributed by atoms with E-state index in [1.165, 1.54) is 0 Å². The molecular formula is C13H21NO2S. The van der Waals surface area contributed by atoms with E-state index in [1.807, 2.05) is 39.8 Å². The topological polar surface area (TPSA) is 46.2 Å². The van der Waals surface area contributed by atoms with Crippen molar-refractivity contribution in [2.45, 2.75) is 38.5 Å². The Kier molecular flexibility index (Phi) is 4.71. The Hall–Kier alpha value is -0.870. The zero-order valence-electron chi connectivity index (χ0n) is 10.9. The summed E-state index contributed by atoms with van der Waals surface area (Å²) in [4.78, 5) is 0.399. The smallest absolute Gasteiger partial charge is 0.211 e. The minimum absolute atomic E-state index is 0.196. The van der Waals surface area contributed by atoms with Crippen LogP contribution in [0.25, 0.3) is 0 Å². The number of rotatable bonds is 5. The summed E-state index contributed by atoms with van der Waals surface area (Å²) in [5.41, 5.74) is 0.865. The van der Waals surface area contributed by atoms with Crippen LogP contribution >= 0.6 is 0 Å². The highest BCUT2D eigenvalue weighted by Gasteiger charge is 2.19. The molecule has 0 unspecified atom stereocenters. The molecule has 17 heavy (non-hydrogen) atoms. The van der Waals surface area contributed by atoms with Crippen LogP contribution in [0.2, 0.25) is 0 Å². The second-order valence-corrected chi connectivity index (χ2v) is 6.67. The van der Waals surface area contributed by atoms with Crippen molar-refractivity contribution in [3.05, 3.63) is 29.8 Å². The fraction of sp³-hybridized carbons (Fsp3) is 0.538. The van der Waals surface area contributed by atoms with Gasteiger partial charge in [0.25, 0.3) is 0 Å². The molecule has 0 aromatic heterocycles. The largest absolute Gasteiger partial charge is 0.240 e. The molecule has 1 N–H and O–H groups in total. The van der Waals surface area contributed by atoms with E-state index >= 15 is 0 Å². The van der Waals surface area contributed by atoms with E-state index in [9.17, 15) is 8.42 Å². The molecule has 1 aromatic rings. The fourth-order valence-corrected chi connectivity index (χ4v) is 3.14. The Balaban J connectivity index is 3.06. The molecule has 0 aliphatic heterocycles. The lowest BCUT2D eigenvalue weighted by molar-refractivity contribution is 0.558. The minimum atomic E-state index is -3.38. The van der Waals surface area contributed by atoms with Crippen LogP contribution in [-0.4, -0.2) is 15.0 Å². The van der Waals surface area contributed by atoms with Gasteiger partial charge in [-0.05, 0) is 23.5 Å². The van der Waals surface area contributed by atoms with Crippen molar-refractivity contribution < 1.29 is 8.42 Å². The quantitative estimate of drug-likeness (QED) is 0.879. The molecule has 1 rings (SSSR count). The fourth-order valence-electron chi connectivity index (χ4n) is 1.56. The van der Waals surface area contributed by atoms with Crippen molar-refractivity contribution >= 4 is 10.0 Å². The van der Waals surface area contributed by atoms with Crippen molar-refractivity contribution in [3.63, 3.8) is 0 Å².